The Morgan fingerprint density at radius 2 is 2.10 bits per heavy atom. The number of carboxylic acid groups (broad SMARTS) is 1. The van der Waals surface area contributed by atoms with Crippen LogP contribution in [0.5, 0.6) is 0 Å². The van der Waals surface area contributed by atoms with Gasteiger partial charge in [-0.2, -0.15) is 0 Å². The van der Waals surface area contributed by atoms with Crippen molar-refractivity contribution in [2.24, 2.45) is 5.92 Å². The predicted octanol–water partition coefficient (Wildman–Crippen LogP) is 2.51. The number of urea groups is 1. The lowest BCUT2D eigenvalue weighted by Gasteiger charge is -2.14. The van der Waals surface area contributed by atoms with Gasteiger partial charge in [-0.25, -0.2) is 9.18 Å². The second-order valence-corrected chi connectivity index (χ2v) is 5.06. The summed E-state index contributed by atoms with van der Waals surface area (Å²) in [5.74, 6) is -1.60. The number of amides is 2. The molecule has 1 fully saturated rings. The zero-order chi connectivity index (χ0) is 14.7. The molecule has 20 heavy (non-hydrogen) atoms. The Labute approximate surface area is 116 Å². The van der Waals surface area contributed by atoms with Gasteiger partial charge in [0.1, 0.15) is 5.82 Å². The fourth-order valence-corrected chi connectivity index (χ4v) is 2.42. The molecule has 0 aromatic heterocycles. The highest BCUT2D eigenvalue weighted by molar-refractivity contribution is 5.90. The van der Waals surface area contributed by atoms with Crippen molar-refractivity contribution in [3.63, 3.8) is 0 Å². The summed E-state index contributed by atoms with van der Waals surface area (Å²) in [6, 6.07) is 3.88. The van der Waals surface area contributed by atoms with Crippen LogP contribution >= 0.6 is 0 Å². The van der Waals surface area contributed by atoms with Crippen molar-refractivity contribution in [1.29, 1.82) is 0 Å². The summed E-state index contributed by atoms with van der Waals surface area (Å²) < 4.78 is 13.3. The summed E-state index contributed by atoms with van der Waals surface area (Å²) in [5.41, 5.74) is 0.785. The summed E-state index contributed by atoms with van der Waals surface area (Å²) in [6.07, 6.45) is 1.65. The molecule has 0 radical (unpaired) electrons. The molecule has 1 saturated carbocycles. The van der Waals surface area contributed by atoms with Crippen LogP contribution in [0.25, 0.3) is 0 Å². The molecule has 1 aromatic carbocycles. The number of carbonyl (C=O) groups excluding carboxylic acids is 1. The third-order valence-electron chi connectivity index (χ3n) is 3.63. The van der Waals surface area contributed by atoms with E-state index in [0.29, 0.717) is 30.5 Å². The van der Waals surface area contributed by atoms with E-state index in [9.17, 15) is 14.0 Å². The number of rotatable bonds is 3. The van der Waals surface area contributed by atoms with E-state index >= 15 is 0 Å². The molecule has 2 atom stereocenters. The van der Waals surface area contributed by atoms with Crippen LogP contribution in [0.1, 0.15) is 24.8 Å². The van der Waals surface area contributed by atoms with Crippen LogP contribution < -0.4 is 10.6 Å². The minimum Gasteiger partial charge on any atom is -0.481 e. The van der Waals surface area contributed by atoms with Gasteiger partial charge >= 0.3 is 12.0 Å². The second-order valence-electron chi connectivity index (χ2n) is 5.06. The van der Waals surface area contributed by atoms with Gasteiger partial charge in [0.25, 0.3) is 0 Å². The van der Waals surface area contributed by atoms with Crippen LogP contribution in [0.2, 0.25) is 0 Å². The van der Waals surface area contributed by atoms with Crippen LogP contribution in [-0.4, -0.2) is 23.1 Å². The van der Waals surface area contributed by atoms with Gasteiger partial charge in [0, 0.05) is 17.3 Å². The summed E-state index contributed by atoms with van der Waals surface area (Å²) in [7, 11) is 0. The molecule has 1 aliphatic carbocycles. The molecule has 0 aliphatic heterocycles. The van der Waals surface area contributed by atoms with Crippen LogP contribution in [-0.2, 0) is 4.79 Å². The van der Waals surface area contributed by atoms with Crippen molar-refractivity contribution >= 4 is 17.7 Å². The Morgan fingerprint density at radius 3 is 2.75 bits per heavy atom. The largest absolute Gasteiger partial charge is 0.481 e. The molecule has 0 bridgehead atoms. The minimum absolute atomic E-state index is 0.148. The van der Waals surface area contributed by atoms with E-state index in [4.69, 9.17) is 5.11 Å². The normalized spacial score (nSPS) is 21.5. The quantitative estimate of drug-likeness (QED) is 0.796. The molecule has 1 aromatic rings. The first-order valence-electron chi connectivity index (χ1n) is 6.53. The lowest BCUT2D eigenvalue weighted by molar-refractivity contribution is -0.141. The average molecular weight is 280 g/mol. The van der Waals surface area contributed by atoms with E-state index < -0.39 is 17.9 Å². The number of aliphatic carboxylic acids is 1. The van der Waals surface area contributed by atoms with Gasteiger partial charge in [0.05, 0.1) is 5.92 Å². The fourth-order valence-electron chi connectivity index (χ4n) is 2.42. The van der Waals surface area contributed by atoms with Gasteiger partial charge in [-0.05, 0) is 38.3 Å². The minimum atomic E-state index is -0.823. The van der Waals surface area contributed by atoms with Gasteiger partial charge in [-0.3, -0.25) is 4.79 Å². The highest BCUT2D eigenvalue weighted by Crippen LogP contribution is 2.25. The Kier molecular flexibility index (Phi) is 4.22. The van der Waals surface area contributed by atoms with Crippen molar-refractivity contribution in [2.45, 2.75) is 32.2 Å². The van der Waals surface area contributed by atoms with Crippen LogP contribution in [0, 0.1) is 18.7 Å². The molecule has 108 valence electrons. The number of benzene rings is 1. The first-order valence-corrected chi connectivity index (χ1v) is 6.53. The molecule has 2 rings (SSSR count). The first kappa shape index (κ1) is 14.3. The number of nitrogens with one attached hydrogen (secondary N) is 2. The summed E-state index contributed by atoms with van der Waals surface area (Å²) in [6.45, 7) is 1.58. The molecular formula is C14H17FN2O3. The summed E-state index contributed by atoms with van der Waals surface area (Å²) in [4.78, 5) is 22.7. The van der Waals surface area contributed by atoms with Crippen LogP contribution in [0.4, 0.5) is 14.9 Å². The Balaban J connectivity index is 1.90. The summed E-state index contributed by atoms with van der Waals surface area (Å²) in [5, 5.41) is 14.2. The van der Waals surface area contributed by atoms with E-state index in [0.717, 1.165) is 0 Å². The molecular weight excluding hydrogens is 263 g/mol. The maximum absolute atomic E-state index is 13.3. The van der Waals surface area contributed by atoms with E-state index in [1.165, 1.54) is 12.1 Å². The highest BCUT2D eigenvalue weighted by Gasteiger charge is 2.30. The predicted molar refractivity (Wildman–Crippen MR) is 72.1 cm³/mol. The number of carboxylic acids is 1. The molecule has 0 heterocycles. The number of halogens is 1. The lowest BCUT2D eigenvalue weighted by atomic mass is 10.1. The van der Waals surface area contributed by atoms with Crippen molar-refractivity contribution < 1.29 is 19.1 Å². The average Bonchev–Trinajstić information content (AvgIpc) is 2.83. The SMILES string of the molecule is Cc1c(F)cccc1NC(=O)NC1CCC(C(=O)O)C1. The van der Waals surface area contributed by atoms with Crippen LogP contribution in [0.3, 0.4) is 0 Å². The summed E-state index contributed by atoms with van der Waals surface area (Å²) >= 11 is 0. The Morgan fingerprint density at radius 1 is 1.35 bits per heavy atom. The third-order valence-corrected chi connectivity index (χ3v) is 3.63. The molecule has 0 saturated heterocycles. The van der Waals surface area contributed by atoms with Gasteiger partial charge in [0.2, 0.25) is 0 Å². The standard InChI is InChI=1S/C14H17FN2O3/c1-8-11(15)3-2-4-12(8)17-14(20)16-10-6-5-9(7-10)13(18)19/h2-4,9-10H,5-7H2,1H3,(H,18,19)(H2,16,17,20). The van der Waals surface area contributed by atoms with E-state index in [1.807, 2.05) is 0 Å². The van der Waals surface area contributed by atoms with Crippen LogP contribution in [0.15, 0.2) is 18.2 Å². The Bertz CT molecular complexity index is 533. The zero-order valence-corrected chi connectivity index (χ0v) is 11.1. The van der Waals surface area contributed by atoms with Crippen molar-refractivity contribution in [1.82, 2.24) is 5.32 Å². The number of hydrogen-bond donors (Lipinski definition) is 3. The zero-order valence-electron chi connectivity index (χ0n) is 11.1. The van der Waals surface area contributed by atoms with Crippen molar-refractivity contribution in [3.05, 3.63) is 29.6 Å². The molecule has 2 unspecified atom stereocenters. The topological polar surface area (TPSA) is 78.4 Å². The van der Waals surface area contributed by atoms with Crippen molar-refractivity contribution in [2.75, 3.05) is 5.32 Å². The lowest BCUT2D eigenvalue weighted by Crippen LogP contribution is -2.36. The maximum atomic E-state index is 13.3. The monoisotopic (exact) mass is 280 g/mol. The molecule has 5 nitrogen and oxygen atoms in total. The molecule has 0 spiro atoms. The molecule has 3 N–H and O–H groups in total. The second kappa shape index (κ2) is 5.90. The molecule has 1 aliphatic rings. The molecule has 6 heteroatoms. The maximum Gasteiger partial charge on any atom is 0.319 e. The third kappa shape index (κ3) is 3.26. The van der Waals surface area contributed by atoms with E-state index in [-0.39, 0.29) is 11.9 Å². The van der Waals surface area contributed by atoms with Crippen molar-refractivity contribution in [3.8, 4) is 0 Å². The van der Waals surface area contributed by atoms with Gasteiger partial charge in [-0.15, -0.1) is 0 Å². The number of carbonyl (C=O) groups is 2. The van der Waals surface area contributed by atoms with Gasteiger partial charge < -0.3 is 15.7 Å². The number of anilines is 1. The van der Waals surface area contributed by atoms with E-state index in [2.05, 4.69) is 10.6 Å². The fraction of sp³-hybridized carbons (Fsp3) is 0.429. The van der Waals surface area contributed by atoms with Gasteiger partial charge in [-0.1, -0.05) is 6.07 Å². The van der Waals surface area contributed by atoms with Gasteiger partial charge in [0.15, 0.2) is 0 Å². The first-order chi connectivity index (χ1) is 9.47. The van der Waals surface area contributed by atoms with E-state index in [1.54, 1.807) is 13.0 Å². The molecule has 2 amide bonds. The highest BCUT2D eigenvalue weighted by atomic mass is 19.1. The Hall–Kier alpha value is -2.11. The number of hydrogen-bond acceptors (Lipinski definition) is 2. The smallest absolute Gasteiger partial charge is 0.319 e.